The summed E-state index contributed by atoms with van der Waals surface area (Å²) in [5.74, 6) is 0. The molecular formula is C23H16BrF3N2O2S. The summed E-state index contributed by atoms with van der Waals surface area (Å²) in [7, 11) is 0. The number of rotatable bonds is 4. The second-order valence-electron chi connectivity index (χ2n) is 6.94. The van der Waals surface area contributed by atoms with E-state index in [1.807, 2.05) is 54.6 Å². The van der Waals surface area contributed by atoms with Crippen molar-refractivity contribution in [1.82, 2.24) is 4.98 Å². The van der Waals surface area contributed by atoms with Gasteiger partial charge in [-0.1, -0.05) is 58.4 Å². The van der Waals surface area contributed by atoms with E-state index in [4.69, 9.17) is 4.74 Å². The smallest absolute Gasteiger partial charge is 0.433 e. The molecule has 4 aromatic rings. The average Bonchev–Trinajstić information content (AvgIpc) is 3.11. The molecule has 1 atom stereocenters. The zero-order valence-corrected chi connectivity index (χ0v) is 19.0. The standard InChI is InChI=1S/C23H16BrF3N2O2S/c1-13(14-5-3-2-4-6-14)31-22(30)29-19-17-11-12-18(23(25,26)27)28-21(17)32-20(19)15-7-9-16(24)10-8-15/h2-13H,1H3,(H,29,30)/t13-/m1/s1. The molecule has 0 saturated heterocycles. The molecule has 0 bridgehead atoms. The summed E-state index contributed by atoms with van der Waals surface area (Å²) >= 11 is 4.44. The number of ether oxygens (including phenoxy) is 1. The van der Waals surface area contributed by atoms with Crippen molar-refractivity contribution in [2.45, 2.75) is 19.2 Å². The van der Waals surface area contributed by atoms with E-state index in [1.165, 1.54) is 6.07 Å². The van der Waals surface area contributed by atoms with Crippen molar-refractivity contribution in [3.8, 4) is 10.4 Å². The Bertz CT molecular complexity index is 1260. The number of hydrogen-bond acceptors (Lipinski definition) is 4. The molecule has 4 nitrogen and oxygen atoms in total. The zero-order valence-electron chi connectivity index (χ0n) is 16.6. The monoisotopic (exact) mass is 520 g/mol. The molecule has 2 heterocycles. The number of halogens is 4. The molecule has 164 valence electrons. The maximum atomic E-state index is 13.2. The summed E-state index contributed by atoms with van der Waals surface area (Å²) in [4.78, 5) is 17.2. The van der Waals surface area contributed by atoms with Crippen molar-refractivity contribution in [1.29, 1.82) is 0 Å². The lowest BCUT2D eigenvalue weighted by molar-refractivity contribution is -0.140. The minimum atomic E-state index is -4.56. The third kappa shape index (κ3) is 4.78. The molecule has 0 aliphatic heterocycles. The van der Waals surface area contributed by atoms with Gasteiger partial charge in [0.1, 0.15) is 16.6 Å². The minimum Gasteiger partial charge on any atom is -0.441 e. The predicted octanol–water partition coefficient (Wildman–Crippen LogP) is 8.05. The normalized spacial score (nSPS) is 12.5. The lowest BCUT2D eigenvalue weighted by Gasteiger charge is -2.15. The zero-order chi connectivity index (χ0) is 22.9. The number of alkyl halides is 3. The van der Waals surface area contributed by atoms with Gasteiger partial charge in [-0.3, -0.25) is 5.32 Å². The van der Waals surface area contributed by atoms with Crippen LogP contribution < -0.4 is 5.32 Å². The fraction of sp³-hybridized carbons (Fsp3) is 0.130. The van der Waals surface area contributed by atoms with Gasteiger partial charge in [0.15, 0.2) is 0 Å². The Balaban J connectivity index is 1.71. The van der Waals surface area contributed by atoms with Crippen LogP contribution in [0, 0.1) is 0 Å². The number of aromatic nitrogens is 1. The molecule has 1 amide bonds. The van der Waals surface area contributed by atoms with Gasteiger partial charge in [-0.05, 0) is 42.3 Å². The van der Waals surface area contributed by atoms with Crippen LogP contribution in [0.25, 0.3) is 20.7 Å². The van der Waals surface area contributed by atoms with Crippen LogP contribution in [-0.2, 0) is 10.9 Å². The molecule has 0 spiro atoms. The average molecular weight is 521 g/mol. The predicted molar refractivity (Wildman–Crippen MR) is 123 cm³/mol. The number of pyridine rings is 1. The Morgan fingerprint density at radius 1 is 1.06 bits per heavy atom. The molecule has 4 rings (SSSR count). The molecule has 2 aromatic heterocycles. The molecule has 1 N–H and O–H groups in total. The van der Waals surface area contributed by atoms with E-state index in [-0.39, 0.29) is 4.83 Å². The Morgan fingerprint density at radius 2 is 1.75 bits per heavy atom. The van der Waals surface area contributed by atoms with E-state index < -0.39 is 24.1 Å². The molecule has 9 heteroatoms. The summed E-state index contributed by atoms with van der Waals surface area (Å²) in [6.07, 6.45) is -5.78. The highest BCUT2D eigenvalue weighted by Gasteiger charge is 2.33. The van der Waals surface area contributed by atoms with Crippen LogP contribution in [0.5, 0.6) is 0 Å². The highest BCUT2D eigenvalue weighted by Crippen LogP contribution is 2.43. The van der Waals surface area contributed by atoms with Crippen LogP contribution in [0.2, 0.25) is 0 Å². The number of thiophene rings is 1. The Morgan fingerprint density at radius 3 is 2.41 bits per heavy atom. The largest absolute Gasteiger partial charge is 0.441 e. The number of nitrogens with one attached hydrogen (secondary N) is 1. The lowest BCUT2D eigenvalue weighted by atomic mass is 10.1. The number of anilines is 1. The maximum Gasteiger partial charge on any atom is 0.433 e. The molecule has 0 aliphatic carbocycles. The van der Waals surface area contributed by atoms with Gasteiger partial charge >= 0.3 is 12.3 Å². The highest BCUT2D eigenvalue weighted by atomic mass is 79.9. The summed E-state index contributed by atoms with van der Waals surface area (Å²) < 4.78 is 45.8. The van der Waals surface area contributed by atoms with Crippen LogP contribution in [0.1, 0.15) is 24.3 Å². The van der Waals surface area contributed by atoms with Crippen molar-refractivity contribution >= 4 is 49.3 Å². The van der Waals surface area contributed by atoms with Gasteiger partial charge in [0.2, 0.25) is 0 Å². The SMILES string of the molecule is C[C@@H](OC(=O)Nc1c(-c2ccc(Br)cc2)sc2nc(C(F)(F)F)ccc12)c1ccccc1. The van der Waals surface area contributed by atoms with Crippen molar-refractivity contribution in [3.05, 3.63) is 82.5 Å². The molecule has 0 unspecified atom stereocenters. The van der Waals surface area contributed by atoms with Gasteiger partial charge in [-0.15, -0.1) is 11.3 Å². The number of carbonyl (C=O) groups excluding carboxylic acids is 1. The number of amides is 1. The first-order chi connectivity index (χ1) is 15.2. The number of hydrogen-bond donors (Lipinski definition) is 1. The van der Waals surface area contributed by atoms with E-state index in [1.54, 1.807) is 6.92 Å². The van der Waals surface area contributed by atoms with Crippen LogP contribution in [0.3, 0.4) is 0 Å². The summed E-state index contributed by atoms with van der Waals surface area (Å²) in [6, 6.07) is 18.7. The molecule has 0 aliphatic rings. The number of carbonyl (C=O) groups is 1. The fourth-order valence-corrected chi connectivity index (χ4v) is 4.55. The molecule has 2 aromatic carbocycles. The molecular weight excluding hydrogens is 505 g/mol. The summed E-state index contributed by atoms with van der Waals surface area (Å²) in [5, 5.41) is 3.13. The Kier molecular flexibility index (Phi) is 6.21. The summed E-state index contributed by atoms with van der Waals surface area (Å²) in [6.45, 7) is 1.74. The third-order valence-electron chi connectivity index (χ3n) is 4.73. The van der Waals surface area contributed by atoms with Gasteiger partial charge in [0, 0.05) is 9.86 Å². The van der Waals surface area contributed by atoms with Crippen LogP contribution in [0.15, 0.2) is 71.2 Å². The quantitative estimate of drug-likeness (QED) is 0.296. The van der Waals surface area contributed by atoms with Gasteiger partial charge in [0.25, 0.3) is 0 Å². The van der Waals surface area contributed by atoms with E-state index in [0.29, 0.717) is 16.0 Å². The molecule has 0 radical (unpaired) electrons. The molecule has 0 saturated carbocycles. The van der Waals surface area contributed by atoms with E-state index in [9.17, 15) is 18.0 Å². The van der Waals surface area contributed by atoms with Gasteiger partial charge in [-0.2, -0.15) is 13.2 Å². The van der Waals surface area contributed by atoms with Crippen molar-refractivity contribution in [3.63, 3.8) is 0 Å². The first-order valence-corrected chi connectivity index (χ1v) is 11.1. The second kappa shape index (κ2) is 8.91. The molecule has 0 fully saturated rings. The number of benzene rings is 2. The number of nitrogens with zero attached hydrogens (tertiary/aromatic N) is 1. The van der Waals surface area contributed by atoms with Gasteiger partial charge in [0.05, 0.1) is 10.6 Å². The van der Waals surface area contributed by atoms with Gasteiger partial charge in [-0.25, -0.2) is 9.78 Å². The van der Waals surface area contributed by atoms with Gasteiger partial charge < -0.3 is 4.74 Å². The van der Waals surface area contributed by atoms with Crippen molar-refractivity contribution in [2.24, 2.45) is 0 Å². The van der Waals surface area contributed by atoms with E-state index in [0.717, 1.165) is 33.0 Å². The first kappa shape index (κ1) is 22.3. The minimum absolute atomic E-state index is 0.171. The fourth-order valence-electron chi connectivity index (χ4n) is 3.15. The van der Waals surface area contributed by atoms with Crippen molar-refractivity contribution in [2.75, 3.05) is 5.32 Å². The van der Waals surface area contributed by atoms with E-state index in [2.05, 4.69) is 26.2 Å². The first-order valence-electron chi connectivity index (χ1n) is 9.51. The van der Waals surface area contributed by atoms with E-state index >= 15 is 0 Å². The maximum absolute atomic E-state index is 13.2. The second-order valence-corrected chi connectivity index (χ2v) is 8.86. The molecule has 32 heavy (non-hydrogen) atoms. The van der Waals surface area contributed by atoms with Crippen LogP contribution in [0.4, 0.5) is 23.7 Å². The highest BCUT2D eigenvalue weighted by molar-refractivity contribution is 9.10. The van der Waals surface area contributed by atoms with Crippen molar-refractivity contribution < 1.29 is 22.7 Å². The van der Waals surface area contributed by atoms with Crippen LogP contribution >= 0.6 is 27.3 Å². The third-order valence-corrected chi connectivity index (χ3v) is 6.41. The lowest BCUT2D eigenvalue weighted by Crippen LogP contribution is -2.16. The Labute approximate surface area is 194 Å². The topological polar surface area (TPSA) is 51.2 Å². The number of fused-ring (bicyclic) bond motifs is 1. The Hall–Kier alpha value is -2.91. The van der Waals surface area contributed by atoms with Crippen LogP contribution in [-0.4, -0.2) is 11.1 Å². The summed E-state index contributed by atoms with van der Waals surface area (Å²) in [5.41, 5.74) is 0.929.